The third kappa shape index (κ3) is 2.43. The lowest BCUT2D eigenvalue weighted by molar-refractivity contribution is 0.218. The third-order valence-corrected chi connectivity index (χ3v) is 3.29. The Morgan fingerprint density at radius 2 is 1.83 bits per heavy atom. The SMILES string of the molecule is CCC(C)(CO)Nc1nc2ccccc2nc1C. The molecule has 18 heavy (non-hydrogen) atoms. The van der Waals surface area contributed by atoms with E-state index in [2.05, 4.69) is 15.3 Å². The molecule has 4 heteroatoms. The summed E-state index contributed by atoms with van der Waals surface area (Å²) in [6, 6.07) is 7.79. The Kier molecular flexibility index (Phi) is 3.48. The van der Waals surface area contributed by atoms with Crippen LogP contribution < -0.4 is 5.32 Å². The zero-order valence-corrected chi connectivity index (χ0v) is 11.1. The molecule has 0 bridgehead atoms. The van der Waals surface area contributed by atoms with E-state index in [4.69, 9.17) is 0 Å². The second kappa shape index (κ2) is 4.90. The molecule has 96 valence electrons. The summed E-state index contributed by atoms with van der Waals surface area (Å²) >= 11 is 0. The number of aromatic nitrogens is 2. The molecule has 0 saturated carbocycles. The highest BCUT2D eigenvalue weighted by atomic mass is 16.3. The summed E-state index contributed by atoms with van der Waals surface area (Å²) in [5.41, 5.74) is 2.24. The van der Waals surface area contributed by atoms with E-state index in [0.717, 1.165) is 29.0 Å². The number of hydrogen-bond donors (Lipinski definition) is 2. The highest BCUT2D eigenvalue weighted by Gasteiger charge is 2.22. The number of aliphatic hydroxyl groups excluding tert-OH is 1. The van der Waals surface area contributed by atoms with Crippen LogP contribution in [0.25, 0.3) is 11.0 Å². The largest absolute Gasteiger partial charge is 0.394 e. The summed E-state index contributed by atoms with van der Waals surface area (Å²) in [5, 5.41) is 12.7. The Bertz CT molecular complexity index is 550. The first kappa shape index (κ1) is 12.8. The van der Waals surface area contributed by atoms with E-state index in [1.807, 2.05) is 45.0 Å². The molecule has 0 fully saturated rings. The number of anilines is 1. The normalized spacial score (nSPS) is 14.4. The van der Waals surface area contributed by atoms with Crippen molar-refractivity contribution in [2.45, 2.75) is 32.7 Å². The summed E-state index contributed by atoms with van der Waals surface area (Å²) in [5.74, 6) is 0.743. The van der Waals surface area contributed by atoms with E-state index in [1.165, 1.54) is 0 Å². The van der Waals surface area contributed by atoms with Gasteiger partial charge in [-0.25, -0.2) is 9.97 Å². The van der Waals surface area contributed by atoms with E-state index < -0.39 is 0 Å². The van der Waals surface area contributed by atoms with Crippen LogP contribution in [0.4, 0.5) is 5.82 Å². The quantitative estimate of drug-likeness (QED) is 0.869. The maximum absolute atomic E-state index is 9.44. The predicted molar refractivity (Wildman–Crippen MR) is 73.7 cm³/mol. The number of aliphatic hydroxyl groups is 1. The molecule has 0 aliphatic heterocycles. The van der Waals surface area contributed by atoms with Gasteiger partial charge in [-0.05, 0) is 32.4 Å². The molecule has 4 nitrogen and oxygen atoms in total. The molecule has 1 aromatic heterocycles. The summed E-state index contributed by atoms with van der Waals surface area (Å²) in [6.07, 6.45) is 0.817. The van der Waals surface area contributed by atoms with Gasteiger partial charge in [0.15, 0.2) is 0 Å². The molecule has 0 amide bonds. The van der Waals surface area contributed by atoms with Gasteiger partial charge in [-0.2, -0.15) is 0 Å². The Morgan fingerprint density at radius 1 is 1.22 bits per heavy atom. The van der Waals surface area contributed by atoms with Crippen molar-refractivity contribution in [1.82, 2.24) is 9.97 Å². The maximum atomic E-state index is 9.44. The molecule has 0 aliphatic carbocycles. The highest BCUT2D eigenvalue weighted by molar-refractivity contribution is 5.76. The van der Waals surface area contributed by atoms with E-state index in [0.29, 0.717) is 0 Å². The second-order valence-corrected chi connectivity index (χ2v) is 4.84. The molecular weight excluding hydrogens is 226 g/mol. The predicted octanol–water partition coefficient (Wildman–Crippen LogP) is 2.51. The van der Waals surface area contributed by atoms with E-state index in [-0.39, 0.29) is 12.1 Å². The zero-order chi connectivity index (χ0) is 13.2. The van der Waals surface area contributed by atoms with E-state index in [9.17, 15) is 5.11 Å². The molecule has 0 saturated heterocycles. The number of nitrogens with one attached hydrogen (secondary N) is 1. The van der Waals surface area contributed by atoms with Gasteiger partial charge in [0.25, 0.3) is 0 Å². The first-order chi connectivity index (χ1) is 8.58. The van der Waals surface area contributed by atoms with Gasteiger partial charge in [0.1, 0.15) is 5.82 Å². The van der Waals surface area contributed by atoms with E-state index >= 15 is 0 Å². The van der Waals surface area contributed by atoms with Gasteiger partial charge >= 0.3 is 0 Å². The van der Waals surface area contributed by atoms with Crippen molar-refractivity contribution >= 4 is 16.9 Å². The van der Waals surface area contributed by atoms with Crippen molar-refractivity contribution in [2.24, 2.45) is 0 Å². The van der Waals surface area contributed by atoms with Gasteiger partial charge in [0.05, 0.1) is 28.9 Å². The van der Waals surface area contributed by atoms with Gasteiger partial charge in [-0.3, -0.25) is 0 Å². The summed E-state index contributed by atoms with van der Waals surface area (Å²) in [7, 11) is 0. The molecule has 2 N–H and O–H groups in total. The van der Waals surface area contributed by atoms with Gasteiger partial charge in [-0.15, -0.1) is 0 Å². The van der Waals surface area contributed by atoms with Crippen LogP contribution in [0.1, 0.15) is 26.0 Å². The number of aryl methyl sites for hydroxylation is 1. The van der Waals surface area contributed by atoms with Crippen molar-refractivity contribution in [3.05, 3.63) is 30.0 Å². The van der Waals surface area contributed by atoms with Crippen molar-refractivity contribution in [2.75, 3.05) is 11.9 Å². The standard InChI is InChI=1S/C14H19N3O/c1-4-14(3,9-18)17-13-10(2)15-11-7-5-6-8-12(11)16-13/h5-8,18H,4,9H2,1-3H3,(H,16,17). The lowest BCUT2D eigenvalue weighted by Crippen LogP contribution is -2.38. The fraction of sp³-hybridized carbons (Fsp3) is 0.429. The van der Waals surface area contributed by atoms with Crippen LogP contribution in [0.3, 0.4) is 0 Å². The Morgan fingerprint density at radius 3 is 2.39 bits per heavy atom. The Labute approximate surface area is 107 Å². The van der Waals surface area contributed by atoms with Crippen LogP contribution in [0.15, 0.2) is 24.3 Å². The lowest BCUT2D eigenvalue weighted by Gasteiger charge is -2.28. The molecule has 1 atom stereocenters. The van der Waals surface area contributed by atoms with E-state index in [1.54, 1.807) is 0 Å². The number of benzene rings is 1. The first-order valence-corrected chi connectivity index (χ1v) is 6.20. The smallest absolute Gasteiger partial charge is 0.148 e. The van der Waals surface area contributed by atoms with Gasteiger partial charge in [0.2, 0.25) is 0 Å². The van der Waals surface area contributed by atoms with Crippen LogP contribution in [0.5, 0.6) is 0 Å². The summed E-state index contributed by atoms with van der Waals surface area (Å²) < 4.78 is 0. The number of hydrogen-bond acceptors (Lipinski definition) is 4. The fourth-order valence-electron chi connectivity index (χ4n) is 1.73. The number of nitrogens with zero attached hydrogens (tertiary/aromatic N) is 2. The fourth-order valence-corrected chi connectivity index (χ4v) is 1.73. The second-order valence-electron chi connectivity index (χ2n) is 4.84. The zero-order valence-electron chi connectivity index (χ0n) is 11.1. The molecule has 0 radical (unpaired) electrons. The molecule has 2 aromatic rings. The first-order valence-electron chi connectivity index (χ1n) is 6.20. The van der Waals surface area contributed by atoms with Crippen molar-refractivity contribution in [3.63, 3.8) is 0 Å². The molecule has 0 spiro atoms. The molecule has 2 rings (SSSR count). The lowest BCUT2D eigenvalue weighted by atomic mass is 10.0. The minimum atomic E-state index is -0.359. The molecule has 1 unspecified atom stereocenters. The van der Waals surface area contributed by atoms with Gasteiger partial charge < -0.3 is 10.4 Å². The minimum Gasteiger partial charge on any atom is -0.394 e. The van der Waals surface area contributed by atoms with Crippen LogP contribution >= 0.6 is 0 Å². The van der Waals surface area contributed by atoms with Crippen LogP contribution in [-0.2, 0) is 0 Å². The van der Waals surface area contributed by atoms with Crippen molar-refractivity contribution in [1.29, 1.82) is 0 Å². The molecular formula is C14H19N3O. The Balaban J connectivity index is 2.42. The average molecular weight is 245 g/mol. The average Bonchev–Trinajstić information content (AvgIpc) is 2.39. The monoisotopic (exact) mass is 245 g/mol. The third-order valence-electron chi connectivity index (χ3n) is 3.29. The number of fused-ring (bicyclic) bond motifs is 1. The van der Waals surface area contributed by atoms with Crippen molar-refractivity contribution < 1.29 is 5.11 Å². The summed E-state index contributed by atoms with van der Waals surface area (Å²) in [4.78, 5) is 9.09. The van der Waals surface area contributed by atoms with Crippen molar-refractivity contribution in [3.8, 4) is 0 Å². The number of rotatable bonds is 4. The molecule has 0 aliphatic rings. The molecule has 1 aromatic carbocycles. The molecule has 1 heterocycles. The van der Waals surface area contributed by atoms with Gasteiger partial charge in [-0.1, -0.05) is 19.1 Å². The maximum Gasteiger partial charge on any atom is 0.148 e. The van der Waals surface area contributed by atoms with Crippen LogP contribution in [0.2, 0.25) is 0 Å². The van der Waals surface area contributed by atoms with Crippen LogP contribution in [-0.4, -0.2) is 27.2 Å². The van der Waals surface area contributed by atoms with Gasteiger partial charge in [0, 0.05) is 0 Å². The summed E-state index contributed by atoms with van der Waals surface area (Å²) in [6.45, 7) is 6.00. The highest BCUT2D eigenvalue weighted by Crippen LogP contribution is 2.21. The minimum absolute atomic E-state index is 0.0669. The van der Waals surface area contributed by atoms with Crippen LogP contribution in [0, 0.1) is 6.92 Å². The number of para-hydroxylation sites is 2. The topological polar surface area (TPSA) is 58.0 Å². The Hall–Kier alpha value is -1.68.